The van der Waals surface area contributed by atoms with Gasteiger partial charge in [0.15, 0.2) is 17.3 Å². The van der Waals surface area contributed by atoms with Gasteiger partial charge in [-0.2, -0.15) is 0 Å². The Morgan fingerprint density at radius 2 is 2.00 bits per heavy atom. The summed E-state index contributed by atoms with van der Waals surface area (Å²) in [7, 11) is 4.40. The van der Waals surface area contributed by atoms with Crippen molar-refractivity contribution >= 4 is 28.4 Å². The molecule has 4 heterocycles. The monoisotopic (exact) mass is 464 g/mol. The molecule has 0 aliphatic carbocycles. The van der Waals surface area contributed by atoms with Gasteiger partial charge in [-0.15, -0.1) is 0 Å². The smallest absolute Gasteiger partial charge is 0.342 e. The number of anilines is 2. The van der Waals surface area contributed by atoms with E-state index in [1.807, 2.05) is 0 Å². The lowest BCUT2D eigenvalue weighted by Gasteiger charge is -2.16. The van der Waals surface area contributed by atoms with E-state index in [0.29, 0.717) is 63.0 Å². The van der Waals surface area contributed by atoms with Crippen molar-refractivity contribution in [1.82, 2.24) is 15.0 Å². The Morgan fingerprint density at radius 1 is 1.15 bits per heavy atom. The molecule has 0 atom stereocenters. The topological polar surface area (TPSA) is 108 Å². The number of cyclic esters (lactones) is 1. The van der Waals surface area contributed by atoms with E-state index in [-0.39, 0.29) is 12.4 Å². The van der Waals surface area contributed by atoms with Crippen LogP contribution in [0.5, 0.6) is 17.4 Å². The number of ether oxygens (including phenoxy) is 4. The van der Waals surface area contributed by atoms with Crippen LogP contribution in [0.4, 0.5) is 15.8 Å². The van der Waals surface area contributed by atoms with Crippen LogP contribution in [0.3, 0.4) is 0 Å². The molecule has 0 radical (unpaired) electrons. The highest BCUT2D eigenvalue weighted by Crippen LogP contribution is 2.42. The molecule has 0 amide bonds. The Bertz CT molecular complexity index is 1420. The number of H-pyrrole nitrogens is 1. The summed E-state index contributed by atoms with van der Waals surface area (Å²) in [5, 5.41) is 3.18. The first-order chi connectivity index (χ1) is 16.5. The molecule has 0 spiro atoms. The number of benzene rings is 1. The van der Waals surface area contributed by atoms with Crippen LogP contribution in [0.25, 0.3) is 22.3 Å². The molecule has 4 aromatic rings. The minimum atomic E-state index is -0.533. The second-order valence-electron chi connectivity index (χ2n) is 7.49. The Balaban J connectivity index is 1.76. The summed E-state index contributed by atoms with van der Waals surface area (Å²) in [5.41, 5.74) is 4.16. The minimum Gasteiger partial charge on any atom is -0.492 e. The van der Waals surface area contributed by atoms with Crippen molar-refractivity contribution in [1.29, 1.82) is 0 Å². The third kappa shape index (κ3) is 3.43. The van der Waals surface area contributed by atoms with Gasteiger partial charge in [-0.05, 0) is 18.2 Å². The Hall–Kier alpha value is -4.34. The Labute approximate surface area is 193 Å². The molecule has 174 valence electrons. The normalized spacial score (nSPS) is 12.8. The zero-order chi connectivity index (χ0) is 23.8. The summed E-state index contributed by atoms with van der Waals surface area (Å²) in [6, 6.07) is 8.02. The number of para-hydroxylation sites is 1. The molecule has 0 saturated carbocycles. The number of esters is 1. The SMILES string of the molecule is COc1cc2nccc(-c3[nH]c4c(c3Nc3cccc(F)c3OC)C(=O)OCC4)c2nc1OC. The van der Waals surface area contributed by atoms with Crippen molar-refractivity contribution < 1.29 is 28.1 Å². The zero-order valence-corrected chi connectivity index (χ0v) is 18.7. The van der Waals surface area contributed by atoms with Crippen LogP contribution in [-0.4, -0.2) is 48.9 Å². The lowest BCUT2D eigenvalue weighted by atomic mass is 10.1. The number of aromatic nitrogens is 3. The largest absolute Gasteiger partial charge is 0.492 e. The number of hydrogen-bond acceptors (Lipinski definition) is 8. The fourth-order valence-corrected chi connectivity index (χ4v) is 4.09. The number of hydrogen-bond donors (Lipinski definition) is 2. The van der Waals surface area contributed by atoms with Gasteiger partial charge in [0.2, 0.25) is 0 Å². The van der Waals surface area contributed by atoms with Gasteiger partial charge in [0.25, 0.3) is 5.88 Å². The molecule has 9 nitrogen and oxygen atoms in total. The zero-order valence-electron chi connectivity index (χ0n) is 18.7. The molecule has 0 fully saturated rings. The maximum absolute atomic E-state index is 14.4. The Kier molecular flexibility index (Phi) is 5.40. The van der Waals surface area contributed by atoms with Crippen LogP contribution in [0, 0.1) is 5.82 Å². The van der Waals surface area contributed by atoms with E-state index < -0.39 is 11.8 Å². The maximum atomic E-state index is 14.4. The average molecular weight is 464 g/mol. The average Bonchev–Trinajstić information content (AvgIpc) is 3.22. The van der Waals surface area contributed by atoms with E-state index in [1.165, 1.54) is 27.4 Å². The van der Waals surface area contributed by atoms with Gasteiger partial charge in [-0.3, -0.25) is 4.98 Å². The predicted octanol–water partition coefficient (Wildman–Crippen LogP) is 4.25. The minimum absolute atomic E-state index is 0.0247. The fourth-order valence-electron chi connectivity index (χ4n) is 4.09. The molecular formula is C24H21FN4O5. The number of halogens is 1. The third-order valence-electron chi connectivity index (χ3n) is 5.62. The van der Waals surface area contributed by atoms with Gasteiger partial charge in [0.1, 0.15) is 11.1 Å². The molecular weight excluding hydrogens is 443 g/mol. The molecule has 34 heavy (non-hydrogen) atoms. The lowest BCUT2D eigenvalue weighted by molar-refractivity contribution is 0.0480. The number of nitrogens with one attached hydrogen (secondary N) is 2. The summed E-state index contributed by atoms with van der Waals surface area (Å²) in [4.78, 5) is 25.1. The van der Waals surface area contributed by atoms with Crippen LogP contribution in [0.2, 0.25) is 0 Å². The molecule has 1 aliphatic rings. The second-order valence-corrected chi connectivity index (χ2v) is 7.49. The predicted molar refractivity (Wildman–Crippen MR) is 123 cm³/mol. The van der Waals surface area contributed by atoms with Crippen LogP contribution in [0.15, 0.2) is 36.5 Å². The molecule has 10 heteroatoms. The van der Waals surface area contributed by atoms with Crippen LogP contribution < -0.4 is 19.5 Å². The van der Waals surface area contributed by atoms with Crippen molar-refractivity contribution in [3.63, 3.8) is 0 Å². The van der Waals surface area contributed by atoms with E-state index in [2.05, 4.69) is 20.3 Å². The highest BCUT2D eigenvalue weighted by Gasteiger charge is 2.30. The van der Waals surface area contributed by atoms with Gasteiger partial charge < -0.3 is 29.2 Å². The summed E-state index contributed by atoms with van der Waals surface area (Å²) >= 11 is 0. The van der Waals surface area contributed by atoms with Gasteiger partial charge in [0, 0.05) is 29.9 Å². The van der Waals surface area contributed by atoms with E-state index >= 15 is 0 Å². The molecule has 0 saturated heterocycles. The number of methoxy groups -OCH3 is 3. The molecule has 2 N–H and O–H groups in total. The number of aromatic amines is 1. The highest BCUT2D eigenvalue weighted by atomic mass is 19.1. The van der Waals surface area contributed by atoms with Crippen molar-refractivity contribution in [3.8, 4) is 28.6 Å². The summed E-state index contributed by atoms with van der Waals surface area (Å²) < 4.78 is 35.7. The number of rotatable bonds is 6. The first-order valence-corrected chi connectivity index (χ1v) is 10.4. The van der Waals surface area contributed by atoms with Crippen molar-refractivity contribution in [2.24, 2.45) is 0 Å². The number of carbonyl (C=O) groups is 1. The Morgan fingerprint density at radius 3 is 2.76 bits per heavy atom. The standard InChI is InChI=1S/C24H21FN4O5/c1-31-17-11-16-19(29-23(17)33-3)12(7-9-26-16)20-21(18-14(27-20)8-10-34-24(18)30)28-15-6-4-5-13(25)22(15)32-2/h4-7,9,11,27-28H,8,10H2,1-3H3. The summed E-state index contributed by atoms with van der Waals surface area (Å²) in [6.45, 7) is 0.259. The fraction of sp³-hybridized carbons (Fsp3) is 0.208. The highest BCUT2D eigenvalue weighted by molar-refractivity contribution is 6.06. The van der Waals surface area contributed by atoms with E-state index in [0.717, 1.165) is 0 Å². The maximum Gasteiger partial charge on any atom is 0.342 e. The van der Waals surface area contributed by atoms with Gasteiger partial charge >= 0.3 is 5.97 Å². The van der Waals surface area contributed by atoms with E-state index in [9.17, 15) is 9.18 Å². The van der Waals surface area contributed by atoms with E-state index in [1.54, 1.807) is 30.5 Å². The van der Waals surface area contributed by atoms with Gasteiger partial charge in [-0.1, -0.05) is 6.07 Å². The number of carbonyl (C=O) groups excluding carboxylic acids is 1. The van der Waals surface area contributed by atoms with Crippen molar-refractivity contribution in [2.75, 3.05) is 33.3 Å². The molecule has 3 aromatic heterocycles. The van der Waals surface area contributed by atoms with Crippen LogP contribution in [-0.2, 0) is 11.2 Å². The van der Waals surface area contributed by atoms with Gasteiger partial charge in [0.05, 0.1) is 50.5 Å². The molecule has 1 aliphatic heterocycles. The quantitative estimate of drug-likeness (QED) is 0.408. The third-order valence-corrected chi connectivity index (χ3v) is 5.62. The van der Waals surface area contributed by atoms with Crippen molar-refractivity contribution in [2.45, 2.75) is 6.42 Å². The first-order valence-electron chi connectivity index (χ1n) is 10.4. The van der Waals surface area contributed by atoms with Crippen molar-refractivity contribution in [3.05, 3.63) is 53.6 Å². The first kappa shape index (κ1) is 21.5. The number of fused-ring (bicyclic) bond motifs is 2. The molecule has 0 unspecified atom stereocenters. The second kappa shape index (κ2) is 8.54. The van der Waals surface area contributed by atoms with Gasteiger partial charge in [-0.25, -0.2) is 14.2 Å². The molecule has 1 aromatic carbocycles. The van der Waals surface area contributed by atoms with Crippen LogP contribution in [0.1, 0.15) is 16.1 Å². The summed E-state index contributed by atoms with van der Waals surface area (Å²) in [6.07, 6.45) is 2.14. The molecule has 5 rings (SSSR count). The summed E-state index contributed by atoms with van der Waals surface area (Å²) in [5.74, 6) is -0.254. The number of pyridine rings is 2. The lowest BCUT2D eigenvalue weighted by Crippen LogP contribution is -2.17. The van der Waals surface area contributed by atoms with Crippen LogP contribution >= 0.6 is 0 Å². The van der Waals surface area contributed by atoms with E-state index in [4.69, 9.17) is 18.9 Å². The molecule has 0 bridgehead atoms. The number of nitrogens with zero attached hydrogens (tertiary/aromatic N) is 2.